The molecule has 6 heteroatoms. The second kappa shape index (κ2) is 4.74. The van der Waals surface area contributed by atoms with Gasteiger partial charge in [-0.15, -0.1) is 0 Å². The predicted molar refractivity (Wildman–Crippen MR) is 73.6 cm³/mol. The van der Waals surface area contributed by atoms with Crippen LogP contribution < -0.4 is 11.1 Å². The van der Waals surface area contributed by atoms with E-state index in [0.29, 0.717) is 22.7 Å². The molecule has 1 aromatic rings. The fourth-order valence-corrected chi connectivity index (χ4v) is 2.21. The van der Waals surface area contributed by atoms with E-state index in [2.05, 4.69) is 5.32 Å². The first kappa shape index (κ1) is 13.7. The predicted octanol–water partition coefficient (Wildman–Crippen LogP) is 2.14. The highest BCUT2D eigenvalue weighted by molar-refractivity contribution is 6.30. The van der Waals surface area contributed by atoms with Crippen LogP contribution in [0.15, 0.2) is 18.2 Å². The summed E-state index contributed by atoms with van der Waals surface area (Å²) in [5, 5.41) is 3.22. The zero-order valence-corrected chi connectivity index (χ0v) is 11.6. The van der Waals surface area contributed by atoms with Gasteiger partial charge in [-0.05, 0) is 37.1 Å². The Morgan fingerprint density at radius 2 is 2.11 bits per heavy atom. The number of nitrogens with zero attached hydrogens (tertiary/aromatic N) is 1. The molecule has 0 spiro atoms. The van der Waals surface area contributed by atoms with E-state index in [1.807, 2.05) is 6.92 Å². The maximum atomic E-state index is 12.2. The quantitative estimate of drug-likeness (QED) is 0.658. The second-order valence-electron chi connectivity index (χ2n) is 4.85. The van der Waals surface area contributed by atoms with Gasteiger partial charge < -0.3 is 11.1 Å². The Balaban J connectivity index is 2.27. The summed E-state index contributed by atoms with van der Waals surface area (Å²) in [7, 11) is 0. The number of urea groups is 1. The smallest absolute Gasteiger partial charge is 0.325 e. The molecule has 0 saturated carbocycles. The van der Waals surface area contributed by atoms with Crippen LogP contribution in [0.25, 0.3) is 0 Å². The van der Waals surface area contributed by atoms with E-state index in [1.54, 1.807) is 25.1 Å². The molecule has 1 fully saturated rings. The van der Waals surface area contributed by atoms with E-state index in [4.69, 9.17) is 17.3 Å². The molecule has 1 heterocycles. The minimum Gasteiger partial charge on any atom is -0.398 e. The number of nitrogens with two attached hydrogens (primary N) is 1. The van der Waals surface area contributed by atoms with Crippen molar-refractivity contribution in [1.82, 2.24) is 10.2 Å². The zero-order chi connectivity index (χ0) is 14.2. The molecule has 19 heavy (non-hydrogen) atoms. The van der Waals surface area contributed by atoms with Crippen LogP contribution in [0.2, 0.25) is 5.02 Å². The Morgan fingerprint density at radius 3 is 2.68 bits per heavy atom. The molecule has 3 amide bonds. The summed E-state index contributed by atoms with van der Waals surface area (Å²) >= 11 is 5.90. The summed E-state index contributed by atoms with van der Waals surface area (Å²) in [6, 6.07) is 4.60. The van der Waals surface area contributed by atoms with Gasteiger partial charge in [0, 0.05) is 10.7 Å². The van der Waals surface area contributed by atoms with E-state index in [0.717, 1.165) is 0 Å². The second-order valence-corrected chi connectivity index (χ2v) is 5.29. The van der Waals surface area contributed by atoms with E-state index in [-0.39, 0.29) is 12.5 Å². The van der Waals surface area contributed by atoms with E-state index in [1.165, 1.54) is 4.90 Å². The topological polar surface area (TPSA) is 75.4 Å². The van der Waals surface area contributed by atoms with Gasteiger partial charge >= 0.3 is 6.03 Å². The number of nitrogen functional groups attached to an aromatic ring is 1. The van der Waals surface area contributed by atoms with Crippen LogP contribution in [0.1, 0.15) is 25.8 Å². The van der Waals surface area contributed by atoms with Crippen molar-refractivity contribution >= 4 is 29.2 Å². The lowest BCUT2D eigenvalue weighted by Gasteiger charge is -2.19. The minimum absolute atomic E-state index is 0.132. The van der Waals surface area contributed by atoms with Gasteiger partial charge in [0.05, 0.1) is 6.54 Å². The Bertz CT molecular complexity index is 547. The van der Waals surface area contributed by atoms with E-state index in [9.17, 15) is 9.59 Å². The average Bonchev–Trinajstić information content (AvgIpc) is 2.58. The SMILES string of the molecule is CCC1(C)NC(=O)N(Cc2cc(Cl)ccc2N)C1=O. The van der Waals surface area contributed by atoms with Gasteiger partial charge in [0.1, 0.15) is 5.54 Å². The van der Waals surface area contributed by atoms with Gasteiger partial charge in [0.2, 0.25) is 0 Å². The van der Waals surface area contributed by atoms with Crippen LogP contribution in [-0.2, 0) is 11.3 Å². The monoisotopic (exact) mass is 281 g/mol. The van der Waals surface area contributed by atoms with E-state index < -0.39 is 11.6 Å². The number of anilines is 1. The molecular formula is C13H16ClN3O2. The molecule has 1 atom stereocenters. The van der Waals surface area contributed by atoms with Crippen LogP contribution >= 0.6 is 11.6 Å². The summed E-state index contributed by atoms with van der Waals surface area (Å²) in [6.45, 7) is 3.70. The number of hydrogen-bond donors (Lipinski definition) is 2. The van der Waals surface area contributed by atoms with Crippen molar-refractivity contribution in [2.75, 3.05) is 5.73 Å². The summed E-state index contributed by atoms with van der Waals surface area (Å²) in [4.78, 5) is 25.3. The molecule has 0 aromatic heterocycles. The van der Waals surface area contributed by atoms with Crippen molar-refractivity contribution in [2.24, 2.45) is 0 Å². The molecule has 1 aliphatic rings. The van der Waals surface area contributed by atoms with E-state index >= 15 is 0 Å². The summed E-state index contributed by atoms with van der Waals surface area (Å²) < 4.78 is 0. The highest BCUT2D eigenvalue weighted by Crippen LogP contribution is 2.25. The first-order valence-electron chi connectivity index (χ1n) is 6.05. The number of halogens is 1. The van der Waals surface area contributed by atoms with Crippen LogP contribution in [0, 0.1) is 0 Å². The molecule has 5 nitrogen and oxygen atoms in total. The lowest BCUT2D eigenvalue weighted by atomic mass is 9.99. The number of imide groups is 1. The van der Waals surface area contributed by atoms with Gasteiger partial charge in [-0.25, -0.2) is 4.79 Å². The fraction of sp³-hybridized carbons (Fsp3) is 0.385. The molecule has 0 bridgehead atoms. The molecule has 1 aliphatic heterocycles. The summed E-state index contributed by atoms with van der Waals surface area (Å²) in [5.41, 5.74) is 6.17. The normalized spacial score (nSPS) is 22.8. The number of carbonyl (C=O) groups excluding carboxylic acids is 2. The van der Waals surface area contributed by atoms with Gasteiger partial charge in [0.25, 0.3) is 5.91 Å². The van der Waals surface area contributed by atoms with Crippen molar-refractivity contribution < 1.29 is 9.59 Å². The third-order valence-corrected chi connectivity index (χ3v) is 3.72. The van der Waals surface area contributed by atoms with Gasteiger partial charge in [-0.2, -0.15) is 0 Å². The molecule has 0 radical (unpaired) electrons. The number of carbonyl (C=O) groups is 2. The Morgan fingerprint density at radius 1 is 1.42 bits per heavy atom. The molecular weight excluding hydrogens is 266 g/mol. The van der Waals surface area contributed by atoms with Crippen LogP contribution in [0.5, 0.6) is 0 Å². The van der Waals surface area contributed by atoms with Gasteiger partial charge in [-0.3, -0.25) is 9.69 Å². The molecule has 0 aliphatic carbocycles. The molecule has 1 saturated heterocycles. The Hall–Kier alpha value is -1.75. The zero-order valence-electron chi connectivity index (χ0n) is 10.9. The third-order valence-electron chi connectivity index (χ3n) is 3.49. The summed E-state index contributed by atoms with van der Waals surface area (Å²) in [5.74, 6) is -0.237. The van der Waals surface area contributed by atoms with Crippen molar-refractivity contribution in [3.05, 3.63) is 28.8 Å². The lowest BCUT2D eigenvalue weighted by molar-refractivity contribution is -0.131. The highest BCUT2D eigenvalue weighted by Gasteiger charge is 2.46. The number of benzene rings is 1. The van der Waals surface area contributed by atoms with Crippen LogP contribution in [0.3, 0.4) is 0 Å². The maximum Gasteiger partial charge on any atom is 0.325 e. The molecule has 102 valence electrons. The number of nitrogens with one attached hydrogen (secondary N) is 1. The minimum atomic E-state index is -0.829. The standard InChI is InChI=1S/C13H16ClN3O2/c1-3-13(2)11(18)17(12(19)16-13)7-8-6-9(14)4-5-10(8)15/h4-6H,3,7,15H2,1-2H3,(H,16,19). The van der Waals surface area contributed by atoms with Crippen molar-refractivity contribution in [2.45, 2.75) is 32.4 Å². The number of amides is 3. The first-order valence-corrected chi connectivity index (χ1v) is 6.43. The van der Waals surface area contributed by atoms with Gasteiger partial charge in [0.15, 0.2) is 0 Å². The van der Waals surface area contributed by atoms with Crippen molar-refractivity contribution in [3.63, 3.8) is 0 Å². The molecule has 2 rings (SSSR count). The van der Waals surface area contributed by atoms with Crippen molar-refractivity contribution in [3.8, 4) is 0 Å². The largest absolute Gasteiger partial charge is 0.398 e. The van der Waals surface area contributed by atoms with Gasteiger partial charge in [-0.1, -0.05) is 18.5 Å². The first-order chi connectivity index (χ1) is 8.87. The highest BCUT2D eigenvalue weighted by atomic mass is 35.5. The molecule has 1 unspecified atom stereocenters. The maximum absolute atomic E-state index is 12.2. The fourth-order valence-electron chi connectivity index (χ4n) is 2.01. The van der Waals surface area contributed by atoms with Crippen LogP contribution in [0.4, 0.5) is 10.5 Å². The lowest BCUT2D eigenvalue weighted by Crippen LogP contribution is -2.43. The molecule has 1 aromatic carbocycles. The van der Waals surface area contributed by atoms with Crippen molar-refractivity contribution in [1.29, 1.82) is 0 Å². The number of hydrogen-bond acceptors (Lipinski definition) is 3. The molecule has 3 N–H and O–H groups in total. The average molecular weight is 282 g/mol. The Kier molecular flexibility index (Phi) is 3.41. The summed E-state index contributed by atoms with van der Waals surface area (Å²) in [6.07, 6.45) is 0.541. The van der Waals surface area contributed by atoms with Crippen LogP contribution in [-0.4, -0.2) is 22.4 Å². The number of rotatable bonds is 3. The Labute approximate surface area is 116 Å². The third kappa shape index (κ3) is 2.38.